The lowest BCUT2D eigenvalue weighted by molar-refractivity contribution is 0.0792. The quantitative estimate of drug-likeness (QED) is 0.508. The van der Waals surface area contributed by atoms with Crippen LogP contribution in [0.3, 0.4) is 0 Å². The van der Waals surface area contributed by atoms with E-state index >= 15 is 0 Å². The molecule has 9 heteroatoms. The summed E-state index contributed by atoms with van der Waals surface area (Å²) in [5.74, 6) is -0.446. The number of nitrogens with zero attached hydrogens (tertiary/aromatic N) is 1. The fraction of sp³-hybridized carbons (Fsp3) is 0.200. The maximum absolute atomic E-state index is 12.9. The van der Waals surface area contributed by atoms with E-state index in [1.165, 1.54) is 30.3 Å². The molecule has 0 aromatic heterocycles. The molecular formula is C25H24ClN3O4S. The lowest BCUT2D eigenvalue weighted by Gasteiger charge is -2.16. The molecule has 1 aliphatic heterocycles. The van der Waals surface area contributed by atoms with E-state index in [4.69, 9.17) is 11.6 Å². The zero-order valence-electron chi connectivity index (χ0n) is 18.3. The van der Waals surface area contributed by atoms with Gasteiger partial charge in [0, 0.05) is 30.2 Å². The molecule has 34 heavy (non-hydrogen) atoms. The summed E-state index contributed by atoms with van der Waals surface area (Å²) in [7, 11) is -3.91. The van der Waals surface area contributed by atoms with Crippen LogP contribution in [0.5, 0.6) is 0 Å². The Bertz CT molecular complexity index is 1300. The van der Waals surface area contributed by atoms with E-state index in [0.29, 0.717) is 10.6 Å². The van der Waals surface area contributed by atoms with E-state index < -0.39 is 15.9 Å². The second kappa shape index (κ2) is 10.3. The molecule has 0 bridgehead atoms. The minimum absolute atomic E-state index is 0.00683. The number of nitrogens with one attached hydrogen (secondary N) is 2. The van der Waals surface area contributed by atoms with Gasteiger partial charge in [0.05, 0.1) is 16.1 Å². The molecule has 3 aromatic rings. The number of amides is 2. The van der Waals surface area contributed by atoms with Gasteiger partial charge < -0.3 is 10.2 Å². The van der Waals surface area contributed by atoms with Crippen molar-refractivity contribution in [1.82, 2.24) is 10.2 Å². The van der Waals surface area contributed by atoms with E-state index in [1.807, 2.05) is 11.0 Å². The van der Waals surface area contributed by atoms with Crippen molar-refractivity contribution < 1.29 is 18.0 Å². The van der Waals surface area contributed by atoms with Crippen molar-refractivity contribution in [2.24, 2.45) is 0 Å². The number of likely N-dealkylation sites (tertiary alicyclic amines) is 1. The van der Waals surface area contributed by atoms with Crippen LogP contribution < -0.4 is 10.0 Å². The first-order valence-electron chi connectivity index (χ1n) is 10.9. The predicted octanol–water partition coefficient (Wildman–Crippen LogP) is 4.31. The molecule has 0 atom stereocenters. The van der Waals surface area contributed by atoms with Crippen LogP contribution in [0.15, 0.2) is 77.7 Å². The van der Waals surface area contributed by atoms with Crippen molar-refractivity contribution in [2.45, 2.75) is 24.3 Å². The fourth-order valence-electron chi connectivity index (χ4n) is 3.78. The Balaban J connectivity index is 1.46. The number of carbonyl (C=O) groups excluding carboxylic acids is 2. The average Bonchev–Trinajstić information content (AvgIpc) is 3.38. The van der Waals surface area contributed by atoms with E-state index in [0.717, 1.165) is 31.5 Å². The lowest BCUT2D eigenvalue weighted by Crippen LogP contribution is -2.28. The number of sulfonamides is 1. The van der Waals surface area contributed by atoms with Gasteiger partial charge in [-0.25, -0.2) is 8.42 Å². The molecule has 3 aromatic carbocycles. The van der Waals surface area contributed by atoms with Gasteiger partial charge in [-0.1, -0.05) is 35.9 Å². The SMILES string of the molecule is O=C(NCc1cccc(C(=O)N2CCCC2)c1)c1ccccc1NS(=O)(=O)c1ccc(Cl)cc1. The molecule has 1 aliphatic rings. The van der Waals surface area contributed by atoms with Crippen LogP contribution in [-0.2, 0) is 16.6 Å². The van der Waals surface area contributed by atoms with Gasteiger partial charge in [0.1, 0.15) is 0 Å². The number of benzene rings is 3. The van der Waals surface area contributed by atoms with Crippen molar-refractivity contribution >= 4 is 39.1 Å². The van der Waals surface area contributed by atoms with Crippen LogP contribution in [0.1, 0.15) is 39.1 Å². The van der Waals surface area contributed by atoms with Crippen molar-refractivity contribution in [3.05, 3.63) is 94.5 Å². The first-order chi connectivity index (χ1) is 16.3. The zero-order chi connectivity index (χ0) is 24.1. The Kier molecular flexibility index (Phi) is 7.19. The monoisotopic (exact) mass is 497 g/mol. The summed E-state index contributed by atoms with van der Waals surface area (Å²) in [6, 6.07) is 19.3. The highest BCUT2D eigenvalue weighted by Gasteiger charge is 2.20. The zero-order valence-corrected chi connectivity index (χ0v) is 19.9. The van der Waals surface area contributed by atoms with Crippen molar-refractivity contribution in [3.63, 3.8) is 0 Å². The van der Waals surface area contributed by atoms with Crippen LogP contribution in [0, 0.1) is 0 Å². The van der Waals surface area contributed by atoms with Gasteiger partial charge in [0.15, 0.2) is 0 Å². The number of hydrogen-bond acceptors (Lipinski definition) is 4. The van der Waals surface area contributed by atoms with Crippen molar-refractivity contribution in [1.29, 1.82) is 0 Å². The standard InChI is InChI=1S/C25H24ClN3O4S/c26-20-10-12-21(13-11-20)34(32,33)28-23-9-2-1-8-22(23)24(30)27-17-18-6-5-7-19(16-18)25(31)29-14-3-4-15-29/h1-2,5-13,16,28H,3-4,14-15,17H2,(H,27,30). The average molecular weight is 498 g/mol. The second-order valence-corrected chi connectivity index (χ2v) is 10.1. The summed E-state index contributed by atoms with van der Waals surface area (Å²) in [5, 5.41) is 3.23. The van der Waals surface area contributed by atoms with Gasteiger partial charge in [0.25, 0.3) is 21.8 Å². The van der Waals surface area contributed by atoms with Crippen molar-refractivity contribution in [2.75, 3.05) is 17.8 Å². The molecule has 7 nitrogen and oxygen atoms in total. The number of anilines is 1. The molecule has 1 heterocycles. The normalized spacial score (nSPS) is 13.5. The molecule has 4 rings (SSSR count). The van der Waals surface area contributed by atoms with Crippen LogP contribution in [0.25, 0.3) is 0 Å². The first-order valence-corrected chi connectivity index (χ1v) is 12.7. The molecule has 2 amide bonds. The maximum atomic E-state index is 12.9. The third kappa shape index (κ3) is 5.58. The predicted molar refractivity (Wildman–Crippen MR) is 131 cm³/mol. The van der Waals surface area contributed by atoms with E-state index in [2.05, 4.69) is 10.0 Å². The minimum Gasteiger partial charge on any atom is -0.348 e. The van der Waals surface area contributed by atoms with E-state index in [9.17, 15) is 18.0 Å². The van der Waals surface area contributed by atoms with Gasteiger partial charge in [0.2, 0.25) is 0 Å². The van der Waals surface area contributed by atoms with Crippen LogP contribution >= 0.6 is 11.6 Å². The Hall–Kier alpha value is -3.36. The number of para-hydroxylation sites is 1. The molecule has 1 fully saturated rings. The summed E-state index contributed by atoms with van der Waals surface area (Å²) in [5.41, 5.74) is 1.71. The highest BCUT2D eigenvalue weighted by atomic mass is 35.5. The summed E-state index contributed by atoms with van der Waals surface area (Å²) in [6.45, 7) is 1.73. The summed E-state index contributed by atoms with van der Waals surface area (Å²) in [4.78, 5) is 27.4. The summed E-state index contributed by atoms with van der Waals surface area (Å²) < 4.78 is 28.0. The maximum Gasteiger partial charge on any atom is 0.261 e. The molecule has 0 unspecified atom stereocenters. The molecule has 176 valence electrons. The van der Waals surface area contributed by atoms with Crippen LogP contribution in [0.2, 0.25) is 5.02 Å². The van der Waals surface area contributed by atoms with Gasteiger partial charge in [-0.05, 0) is 66.9 Å². The first kappa shape index (κ1) is 23.8. The van der Waals surface area contributed by atoms with Gasteiger partial charge >= 0.3 is 0 Å². The second-order valence-electron chi connectivity index (χ2n) is 7.99. The van der Waals surface area contributed by atoms with E-state index in [-0.39, 0.29) is 28.6 Å². The van der Waals surface area contributed by atoms with Crippen molar-refractivity contribution in [3.8, 4) is 0 Å². The number of carbonyl (C=O) groups is 2. The van der Waals surface area contributed by atoms with Gasteiger partial charge in [-0.3, -0.25) is 14.3 Å². The topological polar surface area (TPSA) is 95.6 Å². The number of halogens is 1. The van der Waals surface area contributed by atoms with Gasteiger partial charge in [-0.15, -0.1) is 0 Å². The van der Waals surface area contributed by atoms with Crippen LogP contribution in [-0.4, -0.2) is 38.2 Å². The molecule has 2 N–H and O–H groups in total. The summed E-state index contributed by atoms with van der Waals surface area (Å²) >= 11 is 5.84. The fourth-order valence-corrected chi connectivity index (χ4v) is 4.99. The number of rotatable bonds is 7. The lowest BCUT2D eigenvalue weighted by atomic mass is 10.1. The molecule has 0 saturated carbocycles. The summed E-state index contributed by atoms with van der Waals surface area (Å²) in [6.07, 6.45) is 2.03. The highest BCUT2D eigenvalue weighted by molar-refractivity contribution is 7.92. The van der Waals surface area contributed by atoms with E-state index in [1.54, 1.807) is 36.4 Å². The molecule has 0 aliphatic carbocycles. The Morgan fingerprint density at radius 2 is 1.62 bits per heavy atom. The Morgan fingerprint density at radius 1 is 0.912 bits per heavy atom. The highest BCUT2D eigenvalue weighted by Crippen LogP contribution is 2.22. The molecular weight excluding hydrogens is 474 g/mol. The third-order valence-corrected chi connectivity index (χ3v) is 7.19. The number of hydrogen-bond donors (Lipinski definition) is 2. The minimum atomic E-state index is -3.91. The smallest absolute Gasteiger partial charge is 0.261 e. The Morgan fingerprint density at radius 3 is 2.35 bits per heavy atom. The molecule has 0 spiro atoms. The third-order valence-electron chi connectivity index (χ3n) is 5.56. The Labute approximate surface area is 203 Å². The largest absolute Gasteiger partial charge is 0.348 e. The molecule has 0 radical (unpaired) electrons. The van der Waals surface area contributed by atoms with Crippen LogP contribution in [0.4, 0.5) is 5.69 Å². The molecule has 1 saturated heterocycles. The van der Waals surface area contributed by atoms with Gasteiger partial charge in [-0.2, -0.15) is 0 Å².